The summed E-state index contributed by atoms with van der Waals surface area (Å²) in [7, 11) is 1.60. The van der Waals surface area contributed by atoms with Gasteiger partial charge in [-0.2, -0.15) is 0 Å². The monoisotopic (exact) mass is 430 g/mol. The molecule has 0 saturated heterocycles. The van der Waals surface area contributed by atoms with E-state index in [1.54, 1.807) is 19.2 Å². The molecule has 0 bridgehead atoms. The molecule has 0 unspecified atom stereocenters. The van der Waals surface area contributed by atoms with Gasteiger partial charge in [0.1, 0.15) is 23.9 Å². The lowest BCUT2D eigenvalue weighted by atomic mass is 9.99. The third-order valence-corrected chi connectivity index (χ3v) is 5.51. The topological polar surface area (TPSA) is 55.8 Å². The number of carboxylic acids is 1. The number of benzene rings is 3. The van der Waals surface area contributed by atoms with Gasteiger partial charge in [-0.05, 0) is 94.4 Å². The Morgan fingerprint density at radius 1 is 1.00 bits per heavy atom. The highest BCUT2D eigenvalue weighted by Gasteiger charge is 2.25. The van der Waals surface area contributed by atoms with E-state index in [9.17, 15) is 14.3 Å². The fraction of sp³-hybridized carbons (Fsp3) is 0.148. The van der Waals surface area contributed by atoms with Gasteiger partial charge in [-0.3, -0.25) is 4.79 Å². The minimum atomic E-state index is -0.866. The summed E-state index contributed by atoms with van der Waals surface area (Å²) in [4.78, 5) is 11.5. The number of halogens is 1. The number of hydrogen-bond acceptors (Lipinski definition) is 3. The van der Waals surface area contributed by atoms with Gasteiger partial charge in [0.05, 0.1) is 13.5 Å². The van der Waals surface area contributed by atoms with Crippen LogP contribution in [-0.2, 0) is 11.4 Å². The van der Waals surface area contributed by atoms with Crippen molar-refractivity contribution in [3.8, 4) is 11.5 Å². The molecule has 0 spiro atoms. The minimum Gasteiger partial charge on any atom is -0.497 e. The average molecular weight is 430 g/mol. The Hall–Kier alpha value is -3.86. The summed E-state index contributed by atoms with van der Waals surface area (Å²) in [5, 5.41) is 9.40. The molecule has 0 aliphatic heterocycles. The van der Waals surface area contributed by atoms with Crippen LogP contribution in [0.3, 0.4) is 0 Å². The van der Waals surface area contributed by atoms with Crippen molar-refractivity contribution < 1.29 is 23.8 Å². The summed E-state index contributed by atoms with van der Waals surface area (Å²) >= 11 is 0. The Labute approximate surface area is 186 Å². The molecule has 3 aromatic rings. The number of rotatable bonds is 7. The van der Waals surface area contributed by atoms with Gasteiger partial charge in [0.2, 0.25) is 0 Å². The first-order valence-corrected chi connectivity index (χ1v) is 10.2. The second kappa shape index (κ2) is 9.10. The second-order valence-corrected chi connectivity index (χ2v) is 7.63. The van der Waals surface area contributed by atoms with Gasteiger partial charge < -0.3 is 14.6 Å². The molecular weight excluding hydrogens is 407 g/mol. The molecule has 1 aliphatic carbocycles. The van der Waals surface area contributed by atoms with Crippen molar-refractivity contribution in [1.82, 2.24) is 0 Å². The van der Waals surface area contributed by atoms with E-state index < -0.39 is 5.97 Å². The number of ether oxygens (including phenoxy) is 2. The first-order chi connectivity index (χ1) is 15.4. The number of hydrogen-bond donors (Lipinski definition) is 1. The highest BCUT2D eigenvalue weighted by atomic mass is 19.1. The van der Waals surface area contributed by atoms with Crippen LogP contribution in [0.2, 0.25) is 0 Å². The van der Waals surface area contributed by atoms with Gasteiger partial charge in [0.15, 0.2) is 0 Å². The third kappa shape index (κ3) is 4.57. The molecule has 1 N–H and O–H groups in total. The summed E-state index contributed by atoms with van der Waals surface area (Å²) in [6, 6.07) is 19.6. The molecule has 0 radical (unpaired) electrons. The van der Waals surface area contributed by atoms with Gasteiger partial charge in [-0.1, -0.05) is 24.3 Å². The number of aliphatic carboxylic acids is 1. The molecule has 4 nitrogen and oxygen atoms in total. The van der Waals surface area contributed by atoms with Crippen molar-refractivity contribution in [3.63, 3.8) is 0 Å². The highest BCUT2D eigenvalue weighted by molar-refractivity contribution is 6.07. The Morgan fingerprint density at radius 2 is 1.75 bits per heavy atom. The van der Waals surface area contributed by atoms with Crippen LogP contribution in [0.5, 0.6) is 11.5 Å². The van der Waals surface area contributed by atoms with Crippen molar-refractivity contribution in [3.05, 3.63) is 100 Å². The van der Waals surface area contributed by atoms with Gasteiger partial charge in [0, 0.05) is 0 Å². The van der Waals surface area contributed by atoms with Crippen LogP contribution in [0.1, 0.15) is 35.6 Å². The zero-order valence-electron chi connectivity index (χ0n) is 17.9. The summed E-state index contributed by atoms with van der Waals surface area (Å²) in [6.45, 7) is 2.31. The lowest BCUT2D eigenvalue weighted by Crippen LogP contribution is -1.97. The quantitative estimate of drug-likeness (QED) is 0.484. The maximum Gasteiger partial charge on any atom is 0.307 e. The van der Waals surface area contributed by atoms with Crippen LogP contribution in [0.15, 0.2) is 72.3 Å². The minimum absolute atomic E-state index is 0.0467. The Morgan fingerprint density at radius 3 is 2.47 bits per heavy atom. The second-order valence-electron chi connectivity index (χ2n) is 7.63. The molecule has 5 heteroatoms. The molecule has 0 atom stereocenters. The van der Waals surface area contributed by atoms with Crippen LogP contribution >= 0.6 is 0 Å². The highest BCUT2D eigenvalue weighted by Crippen LogP contribution is 2.44. The smallest absolute Gasteiger partial charge is 0.307 e. The Kier molecular flexibility index (Phi) is 6.08. The molecule has 32 heavy (non-hydrogen) atoms. The lowest BCUT2D eigenvalue weighted by molar-refractivity contribution is -0.135. The zero-order chi connectivity index (χ0) is 22.7. The molecule has 4 rings (SSSR count). The van der Waals surface area contributed by atoms with E-state index in [0.717, 1.165) is 39.0 Å². The predicted molar refractivity (Wildman–Crippen MR) is 123 cm³/mol. The van der Waals surface area contributed by atoms with E-state index >= 15 is 0 Å². The van der Waals surface area contributed by atoms with E-state index in [2.05, 4.69) is 6.08 Å². The Bertz CT molecular complexity index is 1220. The van der Waals surface area contributed by atoms with Crippen LogP contribution in [0.25, 0.3) is 17.2 Å². The summed E-state index contributed by atoms with van der Waals surface area (Å²) in [6.07, 6.45) is 2.02. The molecular formula is C27H23FO4. The maximum absolute atomic E-state index is 13.1. The number of fused-ring (bicyclic) bond motifs is 1. The largest absolute Gasteiger partial charge is 0.497 e. The van der Waals surface area contributed by atoms with Crippen molar-refractivity contribution in [2.75, 3.05) is 7.11 Å². The normalized spacial score (nSPS) is 13.9. The van der Waals surface area contributed by atoms with E-state index in [1.165, 1.54) is 12.1 Å². The number of carbonyl (C=O) groups is 1. The van der Waals surface area contributed by atoms with E-state index in [-0.39, 0.29) is 12.2 Å². The first-order valence-electron chi connectivity index (χ1n) is 10.2. The summed E-state index contributed by atoms with van der Waals surface area (Å²) < 4.78 is 24.2. The van der Waals surface area contributed by atoms with Crippen molar-refractivity contribution >= 4 is 23.2 Å². The Balaban J connectivity index is 1.64. The van der Waals surface area contributed by atoms with E-state index in [1.807, 2.05) is 49.4 Å². The van der Waals surface area contributed by atoms with Gasteiger partial charge >= 0.3 is 5.97 Å². The molecule has 0 amide bonds. The van der Waals surface area contributed by atoms with Crippen molar-refractivity contribution in [2.24, 2.45) is 0 Å². The zero-order valence-corrected chi connectivity index (χ0v) is 17.9. The predicted octanol–water partition coefficient (Wildman–Crippen LogP) is 6.22. The molecule has 0 saturated carbocycles. The van der Waals surface area contributed by atoms with Crippen LogP contribution in [-0.4, -0.2) is 18.2 Å². The van der Waals surface area contributed by atoms with Crippen LogP contribution in [0, 0.1) is 5.82 Å². The molecule has 0 heterocycles. The fourth-order valence-electron chi connectivity index (χ4n) is 3.90. The van der Waals surface area contributed by atoms with Gasteiger partial charge in [-0.25, -0.2) is 4.39 Å². The van der Waals surface area contributed by atoms with Gasteiger partial charge in [0.25, 0.3) is 0 Å². The number of methoxy groups -OCH3 is 1. The molecule has 0 fully saturated rings. The van der Waals surface area contributed by atoms with Crippen LogP contribution < -0.4 is 9.47 Å². The fourth-order valence-corrected chi connectivity index (χ4v) is 3.90. The average Bonchev–Trinajstić information content (AvgIpc) is 3.04. The number of carboxylic acid groups (broad SMARTS) is 1. The summed E-state index contributed by atoms with van der Waals surface area (Å²) in [5.74, 6) is 0.131. The van der Waals surface area contributed by atoms with Gasteiger partial charge in [-0.15, -0.1) is 0 Å². The van der Waals surface area contributed by atoms with E-state index in [0.29, 0.717) is 18.1 Å². The number of allylic oxidation sites excluding steroid dienone is 2. The molecule has 0 aromatic heterocycles. The maximum atomic E-state index is 13.1. The molecule has 162 valence electrons. The van der Waals surface area contributed by atoms with Crippen LogP contribution in [0.4, 0.5) is 4.39 Å². The standard InChI is InChI=1S/C27H23FO4/c1-17-24(23-11-10-22(31-2)14-26(23)25(17)15-27(29)30)13-18-4-3-5-19(12-18)16-32-21-8-6-20(28)7-9-21/h3-14H,15-16H2,1-2H3,(H,29,30)/b24-13-. The molecule has 3 aromatic carbocycles. The third-order valence-electron chi connectivity index (χ3n) is 5.51. The summed E-state index contributed by atoms with van der Waals surface area (Å²) in [5.41, 5.74) is 6.59. The SMILES string of the molecule is COc1ccc2c(c1)C(CC(=O)O)=C(C)/C2=C/c1cccc(COc2ccc(F)cc2)c1. The van der Waals surface area contributed by atoms with Crippen molar-refractivity contribution in [1.29, 1.82) is 0 Å². The first kappa shape index (κ1) is 21.4. The van der Waals surface area contributed by atoms with E-state index in [4.69, 9.17) is 9.47 Å². The molecule has 1 aliphatic rings. The van der Waals surface area contributed by atoms with Crippen molar-refractivity contribution in [2.45, 2.75) is 20.0 Å². The lowest BCUT2D eigenvalue weighted by Gasteiger charge is -2.09.